The molecule has 0 saturated heterocycles. The molecule has 0 spiro atoms. The Bertz CT molecular complexity index is 771. The Morgan fingerprint density at radius 2 is 1.19 bits per heavy atom. The van der Waals surface area contributed by atoms with Gasteiger partial charge in [-0.3, -0.25) is 0 Å². The van der Waals surface area contributed by atoms with Crippen LogP contribution in [0, 0.1) is 10.8 Å². The van der Waals surface area contributed by atoms with Crippen LogP contribution in [0.25, 0.3) is 12.2 Å². The van der Waals surface area contributed by atoms with Crippen molar-refractivity contribution < 1.29 is 10.2 Å². The maximum Gasteiger partial charge on any atom is 0.122 e. The summed E-state index contributed by atoms with van der Waals surface area (Å²) in [6.07, 6.45) is 6.99. The van der Waals surface area contributed by atoms with Crippen LogP contribution in [-0.4, -0.2) is 34.6 Å². The third kappa shape index (κ3) is 4.83. The quantitative estimate of drug-likeness (QED) is 0.529. The molecule has 26 heavy (non-hydrogen) atoms. The second kappa shape index (κ2) is 9.22. The first-order chi connectivity index (χ1) is 12.6. The maximum atomic E-state index is 10.0. The van der Waals surface area contributed by atoms with E-state index >= 15 is 0 Å². The van der Waals surface area contributed by atoms with E-state index in [4.69, 9.17) is 10.8 Å². The van der Waals surface area contributed by atoms with Crippen molar-refractivity contribution >= 4 is 24.6 Å². The summed E-state index contributed by atoms with van der Waals surface area (Å²) in [5.41, 5.74) is 2.91. The first-order valence-corrected chi connectivity index (χ1v) is 8.25. The predicted molar refractivity (Wildman–Crippen MR) is 107 cm³/mol. The van der Waals surface area contributed by atoms with Crippen LogP contribution in [-0.2, 0) is 0 Å². The van der Waals surface area contributed by atoms with Gasteiger partial charge in [-0.05, 0) is 24.3 Å². The van der Waals surface area contributed by atoms with Crippen molar-refractivity contribution in [3.63, 3.8) is 0 Å². The lowest BCUT2D eigenvalue weighted by atomic mass is 10.1. The van der Waals surface area contributed by atoms with Gasteiger partial charge in [0.2, 0.25) is 0 Å². The minimum atomic E-state index is 0.168. The lowest BCUT2D eigenvalue weighted by Gasteiger charge is -2.25. The van der Waals surface area contributed by atoms with Gasteiger partial charge in [-0.1, -0.05) is 36.4 Å². The van der Waals surface area contributed by atoms with E-state index in [2.05, 4.69) is 0 Å². The Hall–Kier alpha value is -3.34. The Labute approximate surface area is 153 Å². The summed E-state index contributed by atoms with van der Waals surface area (Å²) in [6.45, 7) is 0. The lowest BCUT2D eigenvalue weighted by molar-refractivity contribution is 0.472. The molecule has 134 valence electrons. The molecule has 2 aromatic rings. The van der Waals surface area contributed by atoms with Crippen LogP contribution >= 0.6 is 0 Å². The number of hydrogen-bond donors (Lipinski definition) is 4. The van der Waals surface area contributed by atoms with Gasteiger partial charge in [-0.15, -0.1) is 0 Å². The minimum absolute atomic E-state index is 0.168. The number of hydrogen-bond acceptors (Lipinski definition) is 5. The number of rotatable bonds is 8. The fraction of sp³-hybridized carbons (Fsp3) is 0.143. The second-order valence-electron chi connectivity index (χ2n) is 5.76. The van der Waals surface area contributed by atoms with Gasteiger partial charge in [0, 0.05) is 54.8 Å². The second-order valence-corrected chi connectivity index (χ2v) is 5.76. The number of allylic oxidation sites excluding steroid dienone is 2. The van der Waals surface area contributed by atoms with Crippen LogP contribution in [0.1, 0.15) is 24.0 Å². The SMILES string of the molecule is CN(C(=Cc1ccccc1O)CC=N)C(=Cc1ccccc1O)CC=N. The maximum absolute atomic E-state index is 10.0. The zero-order valence-electron chi connectivity index (χ0n) is 14.7. The zero-order valence-corrected chi connectivity index (χ0v) is 14.7. The standard InChI is InChI=1S/C21H23N3O2/c1-24(18(10-12-22)14-16-6-2-4-8-20(16)25)19(11-13-23)15-17-7-3-5-9-21(17)26/h2-9,12-15,22-23,25-26H,10-11H2,1H3. The molecule has 0 amide bonds. The van der Waals surface area contributed by atoms with Crippen LogP contribution in [0.15, 0.2) is 59.9 Å². The molecule has 5 nitrogen and oxygen atoms in total. The normalized spacial score (nSPS) is 11.9. The zero-order chi connectivity index (χ0) is 18.9. The number of aromatic hydroxyl groups is 2. The molecule has 0 atom stereocenters. The van der Waals surface area contributed by atoms with Crippen LogP contribution in [0.5, 0.6) is 11.5 Å². The van der Waals surface area contributed by atoms with E-state index < -0.39 is 0 Å². The van der Waals surface area contributed by atoms with Gasteiger partial charge in [0.1, 0.15) is 11.5 Å². The van der Waals surface area contributed by atoms with Crippen LogP contribution < -0.4 is 0 Å². The average Bonchev–Trinajstić information content (AvgIpc) is 2.64. The summed E-state index contributed by atoms with van der Waals surface area (Å²) in [5, 5.41) is 35.0. The molecule has 0 radical (unpaired) electrons. The first-order valence-electron chi connectivity index (χ1n) is 8.25. The van der Waals surface area contributed by atoms with Gasteiger partial charge in [0.25, 0.3) is 0 Å². The van der Waals surface area contributed by atoms with E-state index in [1.165, 1.54) is 12.4 Å². The molecule has 0 aliphatic carbocycles. The van der Waals surface area contributed by atoms with E-state index in [1.54, 1.807) is 36.4 Å². The molecule has 2 aromatic carbocycles. The summed E-state index contributed by atoms with van der Waals surface area (Å²) in [6, 6.07) is 14.0. The third-order valence-corrected chi connectivity index (χ3v) is 4.00. The molecule has 0 unspecified atom stereocenters. The van der Waals surface area contributed by atoms with Gasteiger partial charge in [0.05, 0.1) is 0 Å². The molecule has 4 N–H and O–H groups in total. The van der Waals surface area contributed by atoms with E-state index in [1.807, 2.05) is 36.2 Å². The molecule has 2 rings (SSSR count). The summed E-state index contributed by atoms with van der Waals surface area (Å²) < 4.78 is 0. The number of phenolic OH excluding ortho intramolecular Hbond substituents is 2. The molecule has 0 aliphatic heterocycles. The van der Waals surface area contributed by atoms with Crippen molar-refractivity contribution in [2.45, 2.75) is 12.8 Å². The van der Waals surface area contributed by atoms with Crippen molar-refractivity contribution in [3.8, 4) is 11.5 Å². The number of phenols is 2. The molecule has 0 aromatic heterocycles. The van der Waals surface area contributed by atoms with E-state index in [-0.39, 0.29) is 11.5 Å². The summed E-state index contributed by atoms with van der Waals surface area (Å²) in [5.74, 6) is 0.336. The van der Waals surface area contributed by atoms with Crippen molar-refractivity contribution in [1.29, 1.82) is 10.8 Å². The predicted octanol–water partition coefficient (Wildman–Crippen LogP) is 4.49. The van der Waals surface area contributed by atoms with Crippen molar-refractivity contribution in [2.24, 2.45) is 0 Å². The highest BCUT2D eigenvalue weighted by molar-refractivity contribution is 5.69. The summed E-state index contributed by atoms with van der Waals surface area (Å²) >= 11 is 0. The van der Waals surface area contributed by atoms with Crippen LogP contribution in [0.4, 0.5) is 0 Å². The molecular weight excluding hydrogens is 326 g/mol. The van der Waals surface area contributed by atoms with E-state index in [0.717, 1.165) is 11.4 Å². The molecule has 0 bridgehead atoms. The van der Waals surface area contributed by atoms with Crippen LogP contribution in [0.2, 0.25) is 0 Å². The molecule has 0 aliphatic rings. The Morgan fingerprint density at radius 1 is 0.808 bits per heavy atom. The Balaban J connectivity index is 2.45. The largest absolute Gasteiger partial charge is 0.507 e. The van der Waals surface area contributed by atoms with Crippen molar-refractivity contribution in [1.82, 2.24) is 4.90 Å². The van der Waals surface area contributed by atoms with Gasteiger partial charge in [-0.2, -0.15) is 0 Å². The molecule has 5 heteroatoms. The lowest BCUT2D eigenvalue weighted by Crippen LogP contribution is -2.18. The molecular formula is C21H23N3O2. The van der Waals surface area contributed by atoms with Gasteiger partial charge < -0.3 is 25.9 Å². The van der Waals surface area contributed by atoms with Gasteiger partial charge in [-0.25, -0.2) is 0 Å². The molecule has 0 heterocycles. The molecule has 0 fully saturated rings. The number of nitrogens with zero attached hydrogens (tertiary/aromatic N) is 1. The summed E-state index contributed by atoms with van der Waals surface area (Å²) in [7, 11) is 1.85. The van der Waals surface area contributed by atoms with Gasteiger partial charge >= 0.3 is 0 Å². The number of benzene rings is 2. The highest BCUT2D eigenvalue weighted by atomic mass is 16.3. The van der Waals surface area contributed by atoms with Crippen molar-refractivity contribution in [3.05, 3.63) is 71.1 Å². The Kier molecular flexibility index (Phi) is 6.74. The number of para-hydroxylation sites is 2. The van der Waals surface area contributed by atoms with E-state index in [9.17, 15) is 10.2 Å². The van der Waals surface area contributed by atoms with Crippen LogP contribution in [0.3, 0.4) is 0 Å². The third-order valence-electron chi connectivity index (χ3n) is 4.00. The smallest absolute Gasteiger partial charge is 0.122 e. The summed E-state index contributed by atoms with van der Waals surface area (Å²) in [4.78, 5) is 1.88. The highest BCUT2D eigenvalue weighted by Gasteiger charge is 2.11. The Morgan fingerprint density at radius 3 is 1.54 bits per heavy atom. The van der Waals surface area contributed by atoms with Gasteiger partial charge in [0.15, 0.2) is 0 Å². The fourth-order valence-electron chi connectivity index (χ4n) is 2.56. The minimum Gasteiger partial charge on any atom is -0.507 e. The highest BCUT2D eigenvalue weighted by Crippen LogP contribution is 2.26. The fourth-order valence-corrected chi connectivity index (χ4v) is 2.56. The first kappa shape index (κ1) is 19.0. The van der Waals surface area contributed by atoms with Crippen molar-refractivity contribution in [2.75, 3.05) is 7.05 Å². The topological polar surface area (TPSA) is 91.4 Å². The monoisotopic (exact) mass is 349 g/mol. The average molecular weight is 349 g/mol. The molecule has 0 saturated carbocycles. The van der Waals surface area contributed by atoms with E-state index in [0.29, 0.717) is 24.0 Å². The number of nitrogens with one attached hydrogen (secondary N) is 2.